The maximum absolute atomic E-state index is 5.13. The first kappa shape index (κ1) is 4.17. The number of hydrogen-bond donors (Lipinski definition) is 0. The highest BCUT2D eigenvalue weighted by Gasteiger charge is 2.15. The minimum absolute atomic E-state index is 0.463. The third-order valence-electron chi connectivity index (χ3n) is 0.889. The lowest BCUT2D eigenvalue weighted by atomic mass is 9.84. The van der Waals surface area contributed by atoms with Gasteiger partial charge < -0.3 is 0 Å². The van der Waals surface area contributed by atoms with E-state index in [-0.39, 0.29) is 0 Å². The van der Waals surface area contributed by atoms with Crippen LogP contribution in [-0.4, -0.2) is 0 Å². The fourth-order valence-electron chi connectivity index (χ4n) is 0.368. The van der Waals surface area contributed by atoms with E-state index in [2.05, 4.69) is 0 Å². The molecule has 0 unspecified atom stereocenters. The molecule has 0 saturated heterocycles. The van der Waals surface area contributed by atoms with Gasteiger partial charge in [-0.15, -0.1) is 0 Å². The molecule has 0 N–H and O–H groups in total. The standard InChI is InChI=1S/C6H6/c1-2-6-4-3-5-6/h1-6H. The van der Waals surface area contributed by atoms with Crippen molar-refractivity contribution in [1.82, 2.24) is 0 Å². The van der Waals surface area contributed by atoms with Gasteiger partial charge in [-0.1, -0.05) is 0 Å². The van der Waals surface area contributed by atoms with Gasteiger partial charge in [-0.25, -0.2) is 0 Å². The van der Waals surface area contributed by atoms with Crippen molar-refractivity contribution >= 4 is 0 Å². The van der Waals surface area contributed by atoms with Crippen LogP contribution in [0.1, 0.15) is 0 Å². The van der Waals surface area contributed by atoms with E-state index in [1.807, 2.05) is 19.3 Å². The molecule has 6 heavy (non-hydrogen) atoms. The molecule has 0 atom stereocenters. The molecule has 0 heteroatoms. The molecular formula is C6H6. The van der Waals surface area contributed by atoms with Gasteiger partial charge in [0.25, 0.3) is 0 Å². The van der Waals surface area contributed by atoms with Gasteiger partial charge >= 0.3 is 0 Å². The molecular weight excluding hydrogens is 72.1 g/mol. The summed E-state index contributed by atoms with van der Waals surface area (Å²) in [5.41, 5.74) is 0. The fraction of sp³-hybridized carbons (Fsp3) is 0.167. The number of rotatable bonds is 1. The molecule has 0 aromatic heterocycles. The van der Waals surface area contributed by atoms with Crippen LogP contribution in [0.3, 0.4) is 0 Å². The van der Waals surface area contributed by atoms with Crippen molar-refractivity contribution in [2.24, 2.45) is 5.92 Å². The van der Waals surface area contributed by atoms with Crippen molar-refractivity contribution in [3.05, 3.63) is 32.6 Å². The Morgan fingerprint density at radius 2 is 2.17 bits per heavy atom. The fourth-order valence-corrected chi connectivity index (χ4v) is 0.368. The molecule has 30 valence electrons. The molecule has 1 aliphatic rings. The first-order chi connectivity index (χ1) is 2.93. The van der Waals surface area contributed by atoms with Crippen LogP contribution >= 0.6 is 0 Å². The second kappa shape index (κ2) is 1.63. The van der Waals surface area contributed by atoms with E-state index in [4.69, 9.17) is 6.92 Å². The molecule has 0 nitrogen and oxygen atoms in total. The maximum atomic E-state index is 5.13. The smallest absolute Gasteiger partial charge is 0.0312 e. The normalized spacial score (nSPS) is 23.5. The SMILES string of the molecule is [CH][CH]C1[CH][CH][CH]1. The first-order valence-electron chi connectivity index (χ1n) is 2.00. The van der Waals surface area contributed by atoms with Gasteiger partial charge in [0, 0.05) is 0 Å². The van der Waals surface area contributed by atoms with Crippen molar-refractivity contribution < 1.29 is 0 Å². The van der Waals surface area contributed by atoms with E-state index in [1.54, 1.807) is 6.42 Å². The third kappa shape index (κ3) is 0.562. The van der Waals surface area contributed by atoms with Crippen molar-refractivity contribution in [2.45, 2.75) is 0 Å². The summed E-state index contributed by atoms with van der Waals surface area (Å²) in [7, 11) is 0. The van der Waals surface area contributed by atoms with Gasteiger partial charge in [0.1, 0.15) is 0 Å². The van der Waals surface area contributed by atoms with Crippen molar-refractivity contribution in [3.63, 3.8) is 0 Å². The first-order valence-corrected chi connectivity index (χ1v) is 2.00. The van der Waals surface area contributed by atoms with Crippen molar-refractivity contribution in [3.8, 4) is 0 Å². The van der Waals surface area contributed by atoms with Gasteiger partial charge in [0.15, 0.2) is 0 Å². The summed E-state index contributed by atoms with van der Waals surface area (Å²) in [4.78, 5) is 0. The Bertz CT molecular complexity index is 32.5. The zero-order valence-corrected chi connectivity index (χ0v) is 3.46. The highest BCUT2D eigenvalue weighted by Crippen LogP contribution is 2.23. The third-order valence-corrected chi connectivity index (χ3v) is 0.889. The lowest BCUT2D eigenvalue weighted by Crippen LogP contribution is -2.12. The van der Waals surface area contributed by atoms with Gasteiger partial charge in [0.2, 0.25) is 0 Å². The molecule has 0 amide bonds. The predicted octanol–water partition coefficient (Wildman–Crippen LogP) is 1.14. The molecule has 0 aliphatic heterocycles. The van der Waals surface area contributed by atoms with E-state index >= 15 is 0 Å². The molecule has 0 aromatic rings. The zero-order valence-electron chi connectivity index (χ0n) is 3.46. The summed E-state index contributed by atoms with van der Waals surface area (Å²) in [6, 6.07) is 0. The van der Waals surface area contributed by atoms with Crippen LogP contribution in [0.2, 0.25) is 0 Å². The van der Waals surface area contributed by atoms with Crippen LogP contribution in [0, 0.1) is 38.5 Å². The summed E-state index contributed by atoms with van der Waals surface area (Å²) < 4.78 is 0. The largest absolute Gasteiger partial charge is 0.0312 e. The number of hydrogen-bond acceptors (Lipinski definition) is 0. The summed E-state index contributed by atoms with van der Waals surface area (Å²) in [5.74, 6) is 0.463. The van der Waals surface area contributed by atoms with E-state index < -0.39 is 0 Å². The second-order valence-electron chi connectivity index (χ2n) is 1.35. The minimum Gasteiger partial charge on any atom is -0.0312 e. The highest BCUT2D eigenvalue weighted by molar-refractivity contribution is 5.22. The Balaban J connectivity index is 2.01. The highest BCUT2D eigenvalue weighted by atomic mass is 14.2. The van der Waals surface area contributed by atoms with Crippen molar-refractivity contribution in [2.75, 3.05) is 0 Å². The topological polar surface area (TPSA) is 0 Å². The molecule has 0 spiro atoms. The second-order valence-corrected chi connectivity index (χ2v) is 1.35. The van der Waals surface area contributed by atoms with Gasteiger partial charge in [-0.3, -0.25) is 0 Å². The van der Waals surface area contributed by atoms with Crippen LogP contribution < -0.4 is 0 Å². The molecule has 1 saturated carbocycles. The Hall–Kier alpha value is 0. The van der Waals surface area contributed by atoms with Crippen LogP contribution in [0.5, 0.6) is 0 Å². The summed E-state index contributed by atoms with van der Waals surface area (Å²) in [5, 5.41) is 0. The Kier molecular flexibility index (Phi) is 1.13. The quantitative estimate of drug-likeness (QED) is 0.441. The van der Waals surface area contributed by atoms with Crippen LogP contribution in [0.25, 0.3) is 0 Å². The lowest BCUT2D eigenvalue weighted by molar-refractivity contribution is 0.761. The van der Waals surface area contributed by atoms with Gasteiger partial charge in [0.05, 0.1) is 0 Å². The molecule has 0 heterocycles. The molecule has 1 rings (SSSR count). The average Bonchev–Trinajstić information content (AvgIpc) is 1.31. The molecule has 1 aliphatic carbocycles. The summed E-state index contributed by atoms with van der Waals surface area (Å²) in [6.45, 7) is 5.13. The minimum atomic E-state index is 0.463. The molecule has 6 radical (unpaired) electrons. The van der Waals surface area contributed by atoms with Gasteiger partial charge in [-0.2, -0.15) is 0 Å². The van der Waals surface area contributed by atoms with E-state index in [0.717, 1.165) is 0 Å². The van der Waals surface area contributed by atoms with E-state index in [0.29, 0.717) is 5.92 Å². The van der Waals surface area contributed by atoms with E-state index in [1.165, 1.54) is 0 Å². The monoisotopic (exact) mass is 78.0 g/mol. The predicted molar refractivity (Wildman–Crippen MR) is 25.0 cm³/mol. The lowest BCUT2D eigenvalue weighted by Gasteiger charge is -2.21. The van der Waals surface area contributed by atoms with Crippen LogP contribution in [0.4, 0.5) is 0 Å². The Morgan fingerprint density at radius 1 is 1.50 bits per heavy atom. The Morgan fingerprint density at radius 3 is 2.17 bits per heavy atom. The average molecular weight is 78.1 g/mol. The van der Waals surface area contributed by atoms with Crippen LogP contribution in [-0.2, 0) is 0 Å². The maximum Gasteiger partial charge on any atom is -0.0312 e. The molecule has 1 fully saturated rings. The van der Waals surface area contributed by atoms with Crippen molar-refractivity contribution in [1.29, 1.82) is 0 Å². The summed E-state index contributed by atoms with van der Waals surface area (Å²) in [6.07, 6.45) is 7.74. The molecule has 0 aromatic carbocycles. The molecule has 0 bridgehead atoms. The zero-order chi connectivity index (χ0) is 4.41. The summed E-state index contributed by atoms with van der Waals surface area (Å²) >= 11 is 0. The van der Waals surface area contributed by atoms with E-state index in [9.17, 15) is 0 Å². The Labute approximate surface area is 39.6 Å². The van der Waals surface area contributed by atoms with Crippen LogP contribution in [0.15, 0.2) is 0 Å². The van der Waals surface area contributed by atoms with Gasteiger partial charge in [-0.05, 0) is 38.5 Å².